The molecule has 0 aliphatic carbocycles. The summed E-state index contributed by atoms with van der Waals surface area (Å²) < 4.78 is 0. The number of aliphatic carboxylic acids is 1. The highest BCUT2D eigenvalue weighted by molar-refractivity contribution is 5.76. The molecule has 1 atom stereocenters. The van der Waals surface area contributed by atoms with Crippen molar-refractivity contribution in [2.75, 3.05) is 6.54 Å². The number of unbranched alkanes of at least 4 members (excludes halogenated alkanes) is 2. The van der Waals surface area contributed by atoms with Gasteiger partial charge in [0.25, 0.3) is 0 Å². The number of hydrogen-bond donors (Lipinski definition) is 2. The monoisotopic (exact) mass is 272 g/mol. The number of hydrogen-bond acceptors (Lipinski definition) is 2. The molecule has 0 saturated heterocycles. The minimum atomic E-state index is -0.880. The summed E-state index contributed by atoms with van der Waals surface area (Å²) in [7, 11) is 0. The fraction of sp³-hybridized carbons (Fsp3) is 0.857. The summed E-state index contributed by atoms with van der Waals surface area (Å²) in [6.07, 6.45) is 3.80. The first-order valence-corrected chi connectivity index (χ1v) is 7.21. The second-order valence-corrected chi connectivity index (χ2v) is 5.15. The second-order valence-electron chi connectivity index (χ2n) is 5.15. The predicted octanol–water partition coefficient (Wildman–Crippen LogP) is 2.85. The molecule has 1 unspecified atom stereocenters. The van der Waals surface area contributed by atoms with Crippen molar-refractivity contribution in [1.82, 2.24) is 10.2 Å². The maximum Gasteiger partial charge on any atom is 0.317 e. The van der Waals surface area contributed by atoms with Gasteiger partial charge in [-0.05, 0) is 26.7 Å². The standard InChI is InChI=1S/C14H28N2O3/c1-5-7-8-9-16(11(3)4)14(19)15-12(6-2)10-13(17)18/h11-12H,5-10H2,1-4H3,(H,15,19)(H,17,18). The number of nitrogens with one attached hydrogen (secondary N) is 1. The minimum absolute atomic E-state index is 0.0247. The molecule has 0 heterocycles. The Labute approximate surface area is 116 Å². The van der Waals surface area contributed by atoms with Crippen molar-refractivity contribution in [3.8, 4) is 0 Å². The van der Waals surface area contributed by atoms with Gasteiger partial charge in [0.1, 0.15) is 0 Å². The van der Waals surface area contributed by atoms with Crippen LogP contribution in [0.4, 0.5) is 4.79 Å². The number of carbonyl (C=O) groups excluding carboxylic acids is 1. The van der Waals surface area contributed by atoms with E-state index in [-0.39, 0.29) is 24.5 Å². The normalized spacial score (nSPS) is 12.3. The van der Waals surface area contributed by atoms with Crippen LogP contribution in [0.2, 0.25) is 0 Å². The van der Waals surface area contributed by atoms with Crippen molar-refractivity contribution in [2.45, 2.75) is 71.9 Å². The Morgan fingerprint density at radius 3 is 2.26 bits per heavy atom. The Morgan fingerprint density at radius 2 is 1.84 bits per heavy atom. The molecule has 112 valence electrons. The van der Waals surface area contributed by atoms with Crippen molar-refractivity contribution < 1.29 is 14.7 Å². The molecule has 0 spiro atoms. The lowest BCUT2D eigenvalue weighted by molar-refractivity contribution is -0.137. The highest BCUT2D eigenvalue weighted by Gasteiger charge is 2.20. The smallest absolute Gasteiger partial charge is 0.317 e. The molecule has 0 rings (SSSR count). The molecule has 0 radical (unpaired) electrons. The summed E-state index contributed by atoms with van der Waals surface area (Å²) in [5.74, 6) is -0.880. The van der Waals surface area contributed by atoms with Gasteiger partial charge in [-0.3, -0.25) is 4.79 Å². The van der Waals surface area contributed by atoms with E-state index >= 15 is 0 Å². The maximum atomic E-state index is 12.2. The van der Waals surface area contributed by atoms with Gasteiger partial charge >= 0.3 is 12.0 Å². The van der Waals surface area contributed by atoms with Crippen LogP contribution in [0.1, 0.15) is 59.8 Å². The summed E-state index contributed by atoms with van der Waals surface area (Å²) >= 11 is 0. The minimum Gasteiger partial charge on any atom is -0.481 e. The van der Waals surface area contributed by atoms with E-state index in [2.05, 4.69) is 12.2 Å². The van der Waals surface area contributed by atoms with E-state index in [0.29, 0.717) is 6.42 Å². The van der Waals surface area contributed by atoms with E-state index in [4.69, 9.17) is 5.11 Å². The molecule has 0 aromatic heterocycles. The summed E-state index contributed by atoms with van der Waals surface area (Å²) in [6, 6.07) is -0.323. The molecule has 5 nitrogen and oxygen atoms in total. The highest BCUT2D eigenvalue weighted by Crippen LogP contribution is 2.06. The largest absolute Gasteiger partial charge is 0.481 e. The first kappa shape index (κ1) is 17.7. The molecule has 0 aromatic rings. The molecular weight excluding hydrogens is 244 g/mol. The molecule has 19 heavy (non-hydrogen) atoms. The third kappa shape index (κ3) is 7.70. The van der Waals surface area contributed by atoms with Crippen molar-refractivity contribution >= 4 is 12.0 Å². The van der Waals surface area contributed by atoms with E-state index in [1.54, 1.807) is 4.90 Å². The molecule has 0 saturated carbocycles. The number of nitrogens with zero attached hydrogens (tertiary/aromatic N) is 1. The summed E-state index contributed by atoms with van der Waals surface area (Å²) in [5.41, 5.74) is 0. The maximum absolute atomic E-state index is 12.2. The first-order chi connectivity index (χ1) is 8.92. The van der Waals surface area contributed by atoms with Crippen LogP contribution in [-0.2, 0) is 4.79 Å². The molecule has 2 amide bonds. The fourth-order valence-corrected chi connectivity index (χ4v) is 1.89. The molecule has 0 aliphatic rings. The van der Waals surface area contributed by atoms with Crippen LogP contribution in [0.3, 0.4) is 0 Å². The van der Waals surface area contributed by atoms with Gasteiger partial charge in [-0.15, -0.1) is 0 Å². The zero-order valence-electron chi connectivity index (χ0n) is 12.6. The van der Waals surface area contributed by atoms with Crippen LogP contribution in [0, 0.1) is 0 Å². The molecular formula is C14H28N2O3. The second kappa shape index (κ2) is 9.64. The SMILES string of the molecule is CCCCCN(C(=O)NC(CC)CC(=O)O)C(C)C. The van der Waals surface area contributed by atoms with Gasteiger partial charge in [-0.1, -0.05) is 26.7 Å². The van der Waals surface area contributed by atoms with Crippen LogP contribution in [-0.4, -0.2) is 40.6 Å². The van der Waals surface area contributed by atoms with Crippen LogP contribution < -0.4 is 5.32 Å². The average Bonchev–Trinajstić information content (AvgIpc) is 2.32. The lowest BCUT2D eigenvalue weighted by Crippen LogP contribution is -2.48. The van der Waals surface area contributed by atoms with E-state index < -0.39 is 5.97 Å². The Bertz CT molecular complexity index is 280. The molecule has 0 bridgehead atoms. The van der Waals surface area contributed by atoms with E-state index in [0.717, 1.165) is 25.8 Å². The molecule has 0 aliphatic heterocycles. The summed E-state index contributed by atoms with van der Waals surface area (Å²) in [4.78, 5) is 24.6. The molecule has 2 N–H and O–H groups in total. The summed E-state index contributed by atoms with van der Waals surface area (Å²) in [6.45, 7) is 8.68. The molecule has 5 heteroatoms. The predicted molar refractivity (Wildman–Crippen MR) is 76.2 cm³/mol. The van der Waals surface area contributed by atoms with E-state index in [1.165, 1.54) is 0 Å². The number of amides is 2. The molecule has 0 aromatic carbocycles. The third-order valence-corrected chi connectivity index (χ3v) is 3.13. The Hall–Kier alpha value is -1.26. The fourth-order valence-electron chi connectivity index (χ4n) is 1.89. The van der Waals surface area contributed by atoms with Crippen LogP contribution in [0.15, 0.2) is 0 Å². The van der Waals surface area contributed by atoms with Gasteiger partial charge in [0.15, 0.2) is 0 Å². The Kier molecular flexibility index (Phi) is 9.00. The highest BCUT2D eigenvalue weighted by atomic mass is 16.4. The number of carbonyl (C=O) groups is 2. The topological polar surface area (TPSA) is 69.6 Å². The van der Waals surface area contributed by atoms with E-state index in [1.807, 2.05) is 20.8 Å². The van der Waals surface area contributed by atoms with E-state index in [9.17, 15) is 9.59 Å². The Morgan fingerprint density at radius 1 is 1.21 bits per heavy atom. The molecule has 0 fully saturated rings. The third-order valence-electron chi connectivity index (χ3n) is 3.13. The van der Waals surface area contributed by atoms with Crippen LogP contribution in [0.5, 0.6) is 0 Å². The Balaban J connectivity index is 4.40. The van der Waals surface area contributed by atoms with Gasteiger partial charge < -0.3 is 15.3 Å². The van der Waals surface area contributed by atoms with Gasteiger partial charge in [0, 0.05) is 18.6 Å². The van der Waals surface area contributed by atoms with Crippen molar-refractivity contribution in [1.29, 1.82) is 0 Å². The zero-order chi connectivity index (χ0) is 14.8. The van der Waals surface area contributed by atoms with Crippen molar-refractivity contribution in [2.24, 2.45) is 0 Å². The zero-order valence-corrected chi connectivity index (χ0v) is 12.6. The number of urea groups is 1. The summed E-state index contributed by atoms with van der Waals surface area (Å²) in [5, 5.41) is 11.6. The van der Waals surface area contributed by atoms with Gasteiger partial charge in [-0.2, -0.15) is 0 Å². The van der Waals surface area contributed by atoms with Crippen LogP contribution in [0.25, 0.3) is 0 Å². The quantitative estimate of drug-likeness (QED) is 0.634. The van der Waals surface area contributed by atoms with Gasteiger partial charge in [-0.25, -0.2) is 4.79 Å². The van der Waals surface area contributed by atoms with Crippen LogP contribution >= 0.6 is 0 Å². The number of carboxylic acid groups (broad SMARTS) is 1. The number of carboxylic acids is 1. The van der Waals surface area contributed by atoms with Crippen molar-refractivity contribution in [3.05, 3.63) is 0 Å². The lowest BCUT2D eigenvalue weighted by atomic mass is 10.1. The lowest BCUT2D eigenvalue weighted by Gasteiger charge is -2.29. The average molecular weight is 272 g/mol. The van der Waals surface area contributed by atoms with Gasteiger partial charge in [0.05, 0.1) is 6.42 Å². The van der Waals surface area contributed by atoms with Crippen molar-refractivity contribution in [3.63, 3.8) is 0 Å². The number of rotatable bonds is 9. The van der Waals surface area contributed by atoms with Gasteiger partial charge in [0.2, 0.25) is 0 Å². The first-order valence-electron chi connectivity index (χ1n) is 7.21.